The Kier molecular flexibility index (Phi) is 5.79. The van der Waals surface area contributed by atoms with Crippen molar-refractivity contribution in [2.75, 3.05) is 51.3 Å². The molecule has 0 spiro atoms. The summed E-state index contributed by atoms with van der Waals surface area (Å²) < 4.78 is 5.46. The zero-order valence-corrected chi connectivity index (χ0v) is 18.5. The van der Waals surface area contributed by atoms with Gasteiger partial charge in [-0.3, -0.25) is 20.0 Å². The third-order valence-corrected chi connectivity index (χ3v) is 5.88. The second kappa shape index (κ2) is 9.02. The van der Waals surface area contributed by atoms with Crippen LogP contribution >= 0.6 is 0 Å². The zero-order valence-electron chi connectivity index (χ0n) is 18.5. The van der Waals surface area contributed by atoms with Gasteiger partial charge in [-0.05, 0) is 37.3 Å². The van der Waals surface area contributed by atoms with E-state index in [1.54, 1.807) is 0 Å². The highest BCUT2D eigenvalue weighted by atomic mass is 16.5. The van der Waals surface area contributed by atoms with E-state index in [4.69, 9.17) is 9.72 Å². The number of nitrogens with one attached hydrogen (secondary N) is 1. The van der Waals surface area contributed by atoms with Crippen LogP contribution in [0, 0.1) is 6.92 Å². The Morgan fingerprint density at radius 2 is 1.94 bits per heavy atom. The van der Waals surface area contributed by atoms with Gasteiger partial charge in [-0.25, -0.2) is 4.98 Å². The number of rotatable bonds is 6. The number of aryl methyl sites for hydroxylation is 1. The van der Waals surface area contributed by atoms with Crippen LogP contribution in [0.1, 0.15) is 5.69 Å². The monoisotopic (exact) mass is 429 g/mol. The molecule has 32 heavy (non-hydrogen) atoms. The van der Waals surface area contributed by atoms with Gasteiger partial charge in [0.25, 0.3) is 0 Å². The van der Waals surface area contributed by atoms with E-state index in [0.29, 0.717) is 0 Å². The molecular formula is C24H27N7O. The number of anilines is 1. The molecule has 0 amide bonds. The van der Waals surface area contributed by atoms with Gasteiger partial charge in [0.2, 0.25) is 0 Å². The van der Waals surface area contributed by atoms with Crippen LogP contribution in [-0.4, -0.2) is 76.5 Å². The lowest BCUT2D eigenvalue weighted by atomic mass is 10.1. The molecule has 1 aliphatic rings. The fraction of sp³-hybridized carbons (Fsp3) is 0.333. The van der Waals surface area contributed by atoms with Gasteiger partial charge in [0.1, 0.15) is 11.2 Å². The Labute approximate surface area is 187 Å². The average Bonchev–Trinajstić information content (AvgIpc) is 3.32. The summed E-state index contributed by atoms with van der Waals surface area (Å²) in [6.07, 6.45) is 3.73. The van der Waals surface area contributed by atoms with Crippen molar-refractivity contribution >= 4 is 16.7 Å². The number of aromatic nitrogens is 5. The number of likely N-dealkylation sites (N-methyl/N-ethyl adjacent to an activating group) is 1. The number of H-pyrrole nitrogens is 1. The molecule has 0 atom stereocenters. The summed E-state index contributed by atoms with van der Waals surface area (Å²) in [5.41, 5.74) is 7.20. The first-order valence-electron chi connectivity index (χ1n) is 10.9. The lowest BCUT2D eigenvalue weighted by Gasteiger charge is -2.29. The van der Waals surface area contributed by atoms with Gasteiger partial charge in [-0.15, -0.1) is 0 Å². The molecule has 1 saturated heterocycles. The summed E-state index contributed by atoms with van der Waals surface area (Å²) in [4.78, 5) is 18.9. The molecule has 1 fully saturated rings. The first kappa shape index (κ1) is 20.5. The standard InChI is InChI=1S/C24H27N7O/c1-17-4-3-5-21(27-17)23-18(16-26-29-23)19-6-7-20-24(28-19)22(8-9-25-20)30(2)10-11-31-12-14-32-15-13-31/h3-9,16H,10-15H2,1-2H3,(H,26,29). The molecule has 164 valence electrons. The largest absolute Gasteiger partial charge is 0.379 e. The molecular weight excluding hydrogens is 402 g/mol. The van der Waals surface area contributed by atoms with Crippen molar-refractivity contribution in [3.8, 4) is 22.6 Å². The van der Waals surface area contributed by atoms with E-state index >= 15 is 0 Å². The van der Waals surface area contributed by atoms with E-state index in [1.165, 1.54) is 0 Å². The number of aromatic amines is 1. The normalized spacial score (nSPS) is 14.7. The Hall–Kier alpha value is -3.36. The molecule has 4 aromatic heterocycles. The highest BCUT2D eigenvalue weighted by Crippen LogP contribution is 2.31. The van der Waals surface area contributed by atoms with Crippen LogP contribution < -0.4 is 4.90 Å². The molecule has 0 bridgehead atoms. The van der Waals surface area contributed by atoms with Crippen LogP contribution in [0.2, 0.25) is 0 Å². The van der Waals surface area contributed by atoms with E-state index in [-0.39, 0.29) is 0 Å². The van der Waals surface area contributed by atoms with Crippen LogP contribution in [-0.2, 0) is 4.74 Å². The lowest BCUT2D eigenvalue weighted by molar-refractivity contribution is 0.0393. The number of fused-ring (bicyclic) bond motifs is 1. The summed E-state index contributed by atoms with van der Waals surface area (Å²) in [5.74, 6) is 0. The van der Waals surface area contributed by atoms with Crippen LogP contribution in [0.5, 0.6) is 0 Å². The van der Waals surface area contributed by atoms with E-state index in [0.717, 1.165) is 84.5 Å². The van der Waals surface area contributed by atoms with Crippen LogP contribution in [0.4, 0.5) is 5.69 Å². The van der Waals surface area contributed by atoms with Gasteiger partial charge < -0.3 is 9.64 Å². The van der Waals surface area contributed by atoms with E-state index in [1.807, 2.05) is 55.7 Å². The second-order valence-electron chi connectivity index (χ2n) is 8.08. The summed E-state index contributed by atoms with van der Waals surface area (Å²) in [5, 5.41) is 7.44. The number of nitrogens with zero attached hydrogens (tertiary/aromatic N) is 6. The van der Waals surface area contributed by atoms with Crippen molar-refractivity contribution in [2.24, 2.45) is 0 Å². The fourth-order valence-electron chi connectivity index (χ4n) is 4.06. The highest BCUT2D eigenvalue weighted by Gasteiger charge is 2.16. The van der Waals surface area contributed by atoms with Crippen molar-refractivity contribution in [1.29, 1.82) is 0 Å². The molecule has 4 aromatic rings. The Bertz CT molecular complexity index is 1220. The number of pyridine rings is 3. The Morgan fingerprint density at radius 1 is 1.06 bits per heavy atom. The predicted octanol–water partition coefficient (Wildman–Crippen LogP) is 3.16. The molecule has 0 saturated carbocycles. The average molecular weight is 430 g/mol. The highest BCUT2D eigenvalue weighted by molar-refractivity contribution is 5.90. The Morgan fingerprint density at radius 3 is 2.78 bits per heavy atom. The molecule has 1 aliphatic heterocycles. The van der Waals surface area contributed by atoms with Crippen molar-refractivity contribution in [1.82, 2.24) is 30.0 Å². The third kappa shape index (κ3) is 4.19. The topological polar surface area (TPSA) is 83.1 Å². The minimum absolute atomic E-state index is 0.798. The van der Waals surface area contributed by atoms with E-state index < -0.39 is 0 Å². The van der Waals surface area contributed by atoms with Crippen molar-refractivity contribution in [3.05, 3.63) is 54.5 Å². The zero-order chi connectivity index (χ0) is 21.9. The molecule has 0 unspecified atom stereocenters. The molecule has 0 aliphatic carbocycles. The smallest absolute Gasteiger partial charge is 0.120 e. The molecule has 0 aromatic carbocycles. The predicted molar refractivity (Wildman–Crippen MR) is 126 cm³/mol. The lowest BCUT2D eigenvalue weighted by Crippen LogP contribution is -2.40. The van der Waals surface area contributed by atoms with E-state index in [2.05, 4.69) is 37.0 Å². The summed E-state index contributed by atoms with van der Waals surface area (Å²) in [6, 6.07) is 12.0. The van der Waals surface area contributed by atoms with Crippen molar-refractivity contribution in [3.63, 3.8) is 0 Å². The molecule has 8 nitrogen and oxygen atoms in total. The van der Waals surface area contributed by atoms with Crippen molar-refractivity contribution in [2.45, 2.75) is 6.92 Å². The van der Waals surface area contributed by atoms with E-state index in [9.17, 15) is 0 Å². The molecule has 1 N–H and O–H groups in total. The van der Waals surface area contributed by atoms with Gasteiger partial charge in [-0.2, -0.15) is 5.10 Å². The van der Waals surface area contributed by atoms with Gasteiger partial charge in [0.05, 0.1) is 35.8 Å². The Balaban J connectivity index is 1.46. The quantitative estimate of drug-likeness (QED) is 0.504. The second-order valence-corrected chi connectivity index (χ2v) is 8.08. The minimum Gasteiger partial charge on any atom is -0.379 e. The van der Waals surface area contributed by atoms with Crippen LogP contribution in [0.15, 0.2) is 48.8 Å². The number of morpholine rings is 1. The SMILES string of the molecule is Cc1cccc(-c2n[nH]cc2-c2ccc3nccc(N(C)CCN4CCOCC4)c3n2)n1. The third-order valence-electron chi connectivity index (χ3n) is 5.88. The first-order chi connectivity index (χ1) is 15.7. The summed E-state index contributed by atoms with van der Waals surface area (Å²) >= 11 is 0. The number of ether oxygens (including phenoxy) is 1. The van der Waals surface area contributed by atoms with Crippen LogP contribution in [0.25, 0.3) is 33.7 Å². The van der Waals surface area contributed by atoms with Gasteiger partial charge >= 0.3 is 0 Å². The van der Waals surface area contributed by atoms with Gasteiger partial charge in [-0.1, -0.05) is 6.07 Å². The molecule has 5 heterocycles. The maximum atomic E-state index is 5.46. The number of hydrogen-bond acceptors (Lipinski definition) is 7. The maximum absolute atomic E-state index is 5.46. The summed E-state index contributed by atoms with van der Waals surface area (Å²) in [7, 11) is 2.11. The van der Waals surface area contributed by atoms with Gasteiger partial charge in [0.15, 0.2) is 0 Å². The molecule has 0 radical (unpaired) electrons. The van der Waals surface area contributed by atoms with Crippen molar-refractivity contribution < 1.29 is 4.74 Å². The number of hydrogen-bond donors (Lipinski definition) is 1. The fourth-order valence-corrected chi connectivity index (χ4v) is 4.06. The minimum atomic E-state index is 0.798. The first-order valence-corrected chi connectivity index (χ1v) is 10.9. The summed E-state index contributed by atoms with van der Waals surface area (Å²) in [6.45, 7) is 7.50. The van der Waals surface area contributed by atoms with Gasteiger partial charge in [0, 0.05) is 56.9 Å². The molecule has 8 heteroatoms. The maximum Gasteiger partial charge on any atom is 0.120 e. The molecule has 5 rings (SSSR count). The van der Waals surface area contributed by atoms with Crippen LogP contribution in [0.3, 0.4) is 0 Å².